The van der Waals surface area contributed by atoms with Gasteiger partial charge < -0.3 is 10.1 Å². The van der Waals surface area contributed by atoms with Crippen LogP contribution in [-0.4, -0.2) is 13.0 Å². The van der Waals surface area contributed by atoms with Gasteiger partial charge in [-0.25, -0.2) is 0 Å². The van der Waals surface area contributed by atoms with E-state index in [4.69, 9.17) is 4.74 Å². The lowest BCUT2D eigenvalue weighted by atomic mass is 9.99. The number of halogens is 1. The summed E-state index contributed by atoms with van der Waals surface area (Å²) in [6.45, 7) is 0.493. The standard InChI is InChI=1S/C22H20BrNO2/c1-26-18-12-10-16(11-13-18)14-22(25)24-15-17-6-2-3-7-19(17)20-8-4-5-9-21(20)23/h2-13H,14-15H2,1H3,(H,24,25). The maximum Gasteiger partial charge on any atom is 0.224 e. The van der Waals surface area contributed by atoms with E-state index in [2.05, 4.69) is 33.4 Å². The zero-order valence-corrected chi connectivity index (χ0v) is 16.1. The molecule has 26 heavy (non-hydrogen) atoms. The maximum atomic E-state index is 12.3. The van der Waals surface area contributed by atoms with Crippen molar-refractivity contribution in [2.45, 2.75) is 13.0 Å². The Hall–Kier alpha value is -2.59. The highest BCUT2D eigenvalue weighted by Gasteiger charge is 2.09. The Labute approximate surface area is 162 Å². The van der Waals surface area contributed by atoms with E-state index in [1.54, 1.807) is 7.11 Å². The first-order valence-electron chi connectivity index (χ1n) is 8.40. The Morgan fingerprint density at radius 2 is 1.58 bits per heavy atom. The van der Waals surface area contributed by atoms with Crippen LogP contribution in [0.15, 0.2) is 77.3 Å². The number of hydrogen-bond donors (Lipinski definition) is 1. The predicted octanol–water partition coefficient (Wildman–Crippen LogP) is 4.98. The van der Waals surface area contributed by atoms with Gasteiger partial charge in [0.2, 0.25) is 5.91 Å². The summed E-state index contributed by atoms with van der Waals surface area (Å²) in [6.07, 6.45) is 0.348. The fraction of sp³-hybridized carbons (Fsp3) is 0.136. The molecule has 0 fully saturated rings. The molecule has 3 nitrogen and oxygen atoms in total. The average Bonchev–Trinajstić information content (AvgIpc) is 2.68. The number of rotatable bonds is 6. The Morgan fingerprint density at radius 3 is 2.27 bits per heavy atom. The number of carbonyl (C=O) groups is 1. The van der Waals surface area contributed by atoms with E-state index in [-0.39, 0.29) is 5.91 Å². The molecule has 0 radical (unpaired) electrons. The molecule has 0 aliphatic rings. The van der Waals surface area contributed by atoms with Gasteiger partial charge in [-0.3, -0.25) is 4.79 Å². The second-order valence-electron chi connectivity index (χ2n) is 5.94. The van der Waals surface area contributed by atoms with Gasteiger partial charge in [-0.2, -0.15) is 0 Å². The number of carbonyl (C=O) groups excluding carboxylic acids is 1. The first-order valence-corrected chi connectivity index (χ1v) is 9.19. The van der Waals surface area contributed by atoms with E-state index in [0.717, 1.165) is 32.5 Å². The van der Waals surface area contributed by atoms with Crippen LogP contribution in [0, 0.1) is 0 Å². The minimum Gasteiger partial charge on any atom is -0.497 e. The minimum atomic E-state index is -0.00269. The number of nitrogens with one attached hydrogen (secondary N) is 1. The fourth-order valence-corrected chi connectivity index (χ4v) is 3.30. The summed E-state index contributed by atoms with van der Waals surface area (Å²) >= 11 is 3.61. The molecule has 0 heterocycles. The quantitative estimate of drug-likeness (QED) is 0.622. The highest BCUT2D eigenvalue weighted by atomic mass is 79.9. The third-order valence-electron chi connectivity index (χ3n) is 4.18. The molecular weight excluding hydrogens is 390 g/mol. The molecule has 0 bridgehead atoms. The van der Waals surface area contributed by atoms with Crippen LogP contribution in [0.4, 0.5) is 0 Å². The van der Waals surface area contributed by atoms with Gasteiger partial charge in [-0.05, 0) is 40.5 Å². The SMILES string of the molecule is COc1ccc(CC(=O)NCc2ccccc2-c2ccccc2Br)cc1. The van der Waals surface area contributed by atoms with Crippen LogP contribution in [0.3, 0.4) is 0 Å². The van der Waals surface area contributed by atoms with Crippen molar-refractivity contribution in [3.63, 3.8) is 0 Å². The van der Waals surface area contributed by atoms with Gasteiger partial charge in [0, 0.05) is 11.0 Å². The molecule has 0 atom stereocenters. The number of amides is 1. The van der Waals surface area contributed by atoms with Crippen molar-refractivity contribution < 1.29 is 9.53 Å². The molecule has 0 unspecified atom stereocenters. The van der Waals surface area contributed by atoms with Crippen LogP contribution in [0.1, 0.15) is 11.1 Å². The molecule has 3 aromatic rings. The third-order valence-corrected chi connectivity index (χ3v) is 4.87. The second kappa shape index (κ2) is 8.68. The van der Waals surface area contributed by atoms with Gasteiger partial charge in [-0.1, -0.05) is 70.5 Å². The Kier molecular flexibility index (Phi) is 6.08. The molecule has 3 aromatic carbocycles. The first-order chi connectivity index (χ1) is 12.7. The number of ether oxygens (including phenoxy) is 1. The van der Waals surface area contributed by atoms with Crippen molar-refractivity contribution in [3.8, 4) is 16.9 Å². The van der Waals surface area contributed by atoms with Crippen molar-refractivity contribution in [3.05, 3.63) is 88.4 Å². The lowest BCUT2D eigenvalue weighted by molar-refractivity contribution is -0.120. The molecule has 1 N–H and O–H groups in total. The van der Waals surface area contributed by atoms with Crippen molar-refractivity contribution >= 4 is 21.8 Å². The molecule has 4 heteroatoms. The summed E-state index contributed by atoms with van der Waals surface area (Å²) in [6, 6.07) is 23.8. The summed E-state index contributed by atoms with van der Waals surface area (Å²) in [5.74, 6) is 0.786. The molecule has 0 saturated heterocycles. The van der Waals surface area contributed by atoms with E-state index in [9.17, 15) is 4.79 Å². The highest BCUT2D eigenvalue weighted by Crippen LogP contribution is 2.30. The second-order valence-corrected chi connectivity index (χ2v) is 6.79. The van der Waals surface area contributed by atoms with Gasteiger partial charge in [0.05, 0.1) is 13.5 Å². The lowest BCUT2D eigenvalue weighted by Crippen LogP contribution is -2.24. The average molecular weight is 410 g/mol. The largest absolute Gasteiger partial charge is 0.497 e. The monoisotopic (exact) mass is 409 g/mol. The molecule has 0 aliphatic carbocycles. The summed E-state index contributed by atoms with van der Waals surface area (Å²) < 4.78 is 6.18. The van der Waals surface area contributed by atoms with Gasteiger partial charge in [0.15, 0.2) is 0 Å². The molecule has 0 aliphatic heterocycles. The maximum absolute atomic E-state index is 12.3. The van der Waals surface area contributed by atoms with E-state index in [1.165, 1.54) is 0 Å². The van der Waals surface area contributed by atoms with E-state index in [0.29, 0.717) is 13.0 Å². The van der Waals surface area contributed by atoms with Gasteiger partial charge >= 0.3 is 0 Å². The highest BCUT2D eigenvalue weighted by molar-refractivity contribution is 9.10. The zero-order chi connectivity index (χ0) is 18.4. The van der Waals surface area contributed by atoms with E-state index in [1.807, 2.05) is 60.7 Å². The predicted molar refractivity (Wildman–Crippen MR) is 108 cm³/mol. The summed E-state index contributed by atoms with van der Waals surface area (Å²) in [7, 11) is 1.63. The van der Waals surface area contributed by atoms with Crippen molar-refractivity contribution in [1.29, 1.82) is 0 Å². The van der Waals surface area contributed by atoms with Gasteiger partial charge in [0.25, 0.3) is 0 Å². The third kappa shape index (κ3) is 4.52. The molecular formula is C22H20BrNO2. The first kappa shape index (κ1) is 18.2. The van der Waals surface area contributed by atoms with Crippen LogP contribution in [-0.2, 0) is 17.8 Å². The van der Waals surface area contributed by atoms with Crippen LogP contribution in [0.2, 0.25) is 0 Å². The Balaban J connectivity index is 1.68. The van der Waals surface area contributed by atoms with Crippen molar-refractivity contribution in [2.24, 2.45) is 0 Å². The number of benzene rings is 3. The Morgan fingerprint density at radius 1 is 0.923 bits per heavy atom. The fourth-order valence-electron chi connectivity index (χ4n) is 2.80. The van der Waals surface area contributed by atoms with Crippen molar-refractivity contribution in [2.75, 3.05) is 7.11 Å². The number of methoxy groups -OCH3 is 1. The van der Waals surface area contributed by atoms with Crippen molar-refractivity contribution in [1.82, 2.24) is 5.32 Å². The molecule has 1 amide bonds. The molecule has 0 saturated carbocycles. The summed E-state index contributed by atoms with van der Waals surface area (Å²) in [5, 5.41) is 3.02. The van der Waals surface area contributed by atoms with Gasteiger partial charge in [0.1, 0.15) is 5.75 Å². The smallest absolute Gasteiger partial charge is 0.224 e. The molecule has 0 aromatic heterocycles. The summed E-state index contributed by atoms with van der Waals surface area (Å²) in [4.78, 5) is 12.3. The van der Waals surface area contributed by atoms with Crippen LogP contribution >= 0.6 is 15.9 Å². The topological polar surface area (TPSA) is 38.3 Å². The van der Waals surface area contributed by atoms with Crippen LogP contribution in [0.5, 0.6) is 5.75 Å². The Bertz CT molecular complexity index is 891. The minimum absolute atomic E-state index is 0.00269. The molecule has 3 rings (SSSR count). The molecule has 0 spiro atoms. The molecule has 132 valence electrons. The van der Waals surface area contributed by atoms with Crippen LogP contribution < -0.4 is 10.1 Å². The number of hydrogen-bond acceptors (Lipinski definition) is 2. The zero-order valence-electron chi connectivity index (χ0n) is 14.5. The van der Waals surface area contributed by atoms with E-state index < -0.39 is 0 Å². The van der Waals surface area contributed by atoms with Crippen LogP contribution in [0.25, 0.3) is 11.1 Å². The van der Waals surface area contributed by atoms with Gasteiger partial charge in [-0.15, -0.1) is 0 Å². The lowest BCUT2D eigenvalue weighted by Gasteiger charge is -2.12. The van der Waals surface area contributed by atoms with E-state index >= 15 is 0 Å². The normalized spacial score (nSPS) is 10.4. The summed E-state index contributed by atoms with van der Waals surface area (Å²) in [5.41, 5.74) is 4.28.